The molecule has 4 saturated carbocycles. The molecule has 8 aromatic carbocycles. The van der Waals surface area contributed by atoms with Crippen molar-refractivity contribution >= 4 is 43.1 Å². The summed E-state index contributed by atoms with van der Waals surface area (Å²) < 4.78 is 0. The molecular weight excluding hydrogens is 601 g/mol. The largest absolute Gasteiger partial charge is 0.0616 e. The number of fused-ring (bicyclic) bond motifs is 7. The normalized spacial score (nSPS) is 24.5. The third-order valence-corrected chi connectivity index (χ3v) is 13.8. The van der Waals surface area contributed by atoms with E-state index in [-0.39, 0.29) is 5.41 Å². The lowest BCUT2D eigenvalue weighted by molar-refractivity contribution is -0.0398. The zero-order valence-electron chi connectivity index (χ0n) is 28.2. The molecule has 4 fully saturated rings. The zero-order chi connectivity index (χ0) is 32.6. The van der Waals surface area contributed by atoms with E-state index >= 15 is 0 Å². The summed E-state index contributed by atoms with van der Waals surface area (Å²) >= 11 is 0. The maximum atomic E-state index is 2.62. The number of benzene rings is 8. The van der Waals surface area contributed by atoms with Crippen molar-refractivity contribution in [3.63, 3.8) is 0 Å². The van der Waals surface area contributed by atoms with Crippen molar-refractivity contribution in [3.8, 4) is 33.4 Å². The van der Waals surface area contributed by atoms with Crippen LogP contribution in [0.25, 0.3) is 76.5 Å². The van der Waals surface area contributed by atoms with Gasteiger partial charge in [0.2, 0.25) is 0 Å². The first-order valence-corrected chi connectivity index (χ1v) is 18.9. The molecule has 0 heterocycles. The lowest BCUT2D eigenvalue weighted by Crippen LogP contribution is -2.55. The maximum absolute atomic E-state index is 2.62. The highest BCUT2D eigenvalue weighted by atomic mass is 14.6. The van der Waals surface area contributed by atoms with Gasteiger partial charge in [0.25, 0.3) is 0 Å². The van der Waals surface area contributed by atoms with E-state index in [0.29, 0.717) is 0 Å². The predicted octanol–water partition coefficient (Wildman–Crippen LogP) is 13.4. The van der Waals surface area contributed by atoms with Crippen LogP contribution in [0, 0.1) is 23.7 Å². The summed E-state index contributed by atoms with van der Waals surface area (Å²) in [6.07, 6.45) is 7.11. The molecule has 5 aliphatic rings. The van der Waals surface area contributed by atoms with Gasteiger partial charge >= 0.3 is 0 Å². The molecule has 50 heavy (non-hydrogen) atoms. The Morgan fingerprint density at radius 1 is 0.360 bits per heavy atom. The van der Waals surface area contributed by atoms with E-state index in [9.17, 15) is 0 Å². The van der Waals surface area contributed by atoms with Gasteiger partial charge in [-0.1, -0.05) is 127 Å². The second-order valence-corrected chi connectivity index (χ2v) is 16.0. The Balaban J connectivity index is 1.15. The van der Waals surface area contributed by atoms with Gasteiger partial charge in [-0.25, -0.2) is 0 Å². The smallest absolute Gasteiger partial charge is 0.0272 e. The van der Waals surface area contributed by atoms with Gasteiger partial charge in [0.05, 0.1) is 0 Å². The summed E-state index contributed by atoms with van der Waals surface area (Å²) in [6, 6.07) is 55.9. The number of hydrogen-bond donors (Lipinski definition) is 0. The average Bonchev–Trinajstić information content (AvgIpc) is 3.43. The molecule has 0 saturated heterocycles. The van der Waals surface area contributed by atoms with Gasteiger partial charge in [0.1, 0.15) is 0 Å². The highest BCUT2D eigenvalue weighted by Crippen LogP contribution is 2.69. The minimum atomic E-state index is 0.156. The summed E-state index contributed by atoms with van der Waals surface area (Å²) in [6.45, 7) is 0. The minimum Gasteiger partial charge on any atom is -0.0616 e. The quantitative estimate of drug-likeness (QED) is 0.165. The molecule has 0 N–H and O–H groups in total. The van der Waals surface area contributed by atoms with Gasteiger partial charge in [0, 0.05) is 5.41 Å². The van der Waals surface area contributed by atoms with Gasteiger partial charge < -0.3 is 0 Å². The molecule has 0 unspecified atom stereocenters. The van der Waals surface area contributed by atoms with E-state index in [1.165, 1.54) is 109 Å². The van der Waals surface area contributed by atoms with E-state index in [1.807, 2.05) is 0 Å². The number of rotatable bonds is 2. The average molecular weight is 639 g/mol. The maximum Gasteiger partial charge on any atom is 0.0272 e. The monoisotopic (exact) mass is 638 g/mol. The van der Waals surface area contributed by atoms with Crippen molar-refractivity contribution in [3.05, 3.63) is 157 Å². The van der Waals surface area contributed by atoms with Crippen molar-refractivity contribution in [1.29, 1.82) is 0 Å². The highest BCUT2D eigenvalue weighted by molar-refractivity contribution is 6.23. The van der Waals surface area contributed by atoms with Gasteiger partial charge in [-0.3, -0.25) is 0 Å². The molecular formula is C50H38. The second-order valence-electron chi connectivity index (χ2n) is 16.0. The molecule has 1 spiro atoms. The summed E-state index contributed by atoms with van der Waals surface area (Å²) in [5.41, 5.74) is 11.7. The van der Waals surface area contributed by atoms with E-state index in [1.54, 1.807) is 11.1 Å². The third-order valence-electron chi connectivity index (χ3n) is 13.8. The molecule has 0 aliphatic heterocycles. The van der Waals surface area contributed by atoms with Crippen molar-refractivity contribution in [2.24, 2.45) is 23.7 Å². The Labute approximate surface area is 293 Å². The molecule has 238 valence electrons. The van der Waals surface area contributed by atoms with Crippen LogP contribution in [-0.4, -0.2) is 0 Å². The van der Waals surface area contributed by atoms with Crippen LogP contribution in [0.5, 0.6) is 0 Å². The first-order chi connectivity index (χ1) is 24.8. The molecule has 0 amide bonds. The van der Waals surface area contributed by atoms with E-state index in [0.717, 1.165) is 23.7 Å². The molecule has 8 aromatic rings. The van der Waals surface area contributed by atoms with E-state index in [2.05, 4.69) is 146 Å². The fourth-order valence-corrected chi connectivity index (χ4v) is 12.2. The van der Waals surface area contributed by atoms with Crippen molar-refractivity contribution in [1.82, 2.24) is 0 Å². The topological polar surface area (TPSA) is 0 Å². The van der Waals surface area contributed by atoms with Gasteiger partial charge in [0.15, 0.2) is 0 Å². The predicted molar refractivity (Wildman–Crippen MR) is 211 cm³/mol. The Hall–Kier alpha value is -5.20. The van der Waals surface area contributed by atoms with Crippen LogP contribution in [-0.2, 0) is 5.41 Å². The van der Waals surface area contributed by atoms with E-state index in [4.69, 9.17) is 0 Å². The zero-order valence-corrected chi connectivity index (χ0v) is 28.2. The van der Waals surface area contributed by atoms with Gasteiger partial charge in [-0.05, 0) is 162 Å². The van der Waals surface area contributed by atoms with Crippen LogP contribution < -0.4 is 0 Å². The lowest BCUT2D eigenvalue weighted by Gasteiger charge is -2.61. The Morgan fingerprint density at radius 2 is 0.880 bits per heavy atom. The molecule has 13 rings (SSSR count). The van der Waals surface area contributed by atoms with Crippen LogP contribution in [0.2, 0.25) is 0 Å². The molecule has 0 radical (unpaired) electrons. The number of hydrogen-bond acceptors (Lipinski definition) is 0. The molecule has 5 aliphatic carbocycles. The van der Waals surface area contributed by atoms with Crippen molar-refractivity contribution in [2.75, 3.05) is 0 Å². The van der Waals surface area contributed by atoms with Crippen LogP contribution in [0.15, 0.2) is 146 Å². The highest BCUT2D eigenvalue weighted by Gasteiger charge is 2.61. The summed E-state index contributed by atoms with van der Waals surface area (Å²) in [4.78, 5) is 0. The van der Waals surface area contributed by atoms with Crippen LogP contribution >= 0.6 is 0 Å². The van der Waals surface area contributed by atoms with Crippen LogP contribution in [0.4, 0.5) is 0 Å². The van der Waals surface area contributed by atoms with Crippen molar-refractivity contribution < 1.29 is 0 Å². The van der Waals surface area contributed by atoms with Gasteiger partial charge in [-0.2, -0.15) is 0 Å². The lowest BCUT2D eigenvalue weighted by atomic mass is 9.43. The van der Waals surface area contributed by atoms with Crippen LogP contribution in [0.1, 0.15) is 43.2 Å². The minimum absolute atomic E-state index is 0.156. The van der Waals surface area contributed by atoms with Crippen molar-refractivity contribution in [2.45, 2.75) is 37.5 Å². The SMILES string of the molecule is c1ccc2cc3c(cc2c1)-c1cc(-c2c4ccccc4c(-c4cccc5ccccc45)c4ccccc24)ccc1C31C2CC3CC(C2)CC1C3. The van der Waals surface area contributed by atoms with E-state index < -0.39 is 0 Å². The summed E-state index contributed by atoms with van der Waals surface area (Å²) in [7, 11) is 0. The Kier molecular flexibility index (Phi) is 5.49. The molecule has 4 bridgehead atoms. The molecule has 0 atom stereocenters. The fraction of sp³-hybridized carbons (Fsp3) is 0.200. The first kappa shape index (κ1) is 27.6. The Bertz CT molecular complexity index is 2640. The third kappa shape index (κ3) is 3.52. The van der Waals surface area contributed by atoms with Crippen LogP contribution in [0.3, 0.4) is 0 Å². The molecule has 0 heteroatoms. The molecule has 0 nitrogen and oxygen atoms in total. The summed E-state index contributed by atoms with van der Waals surface area (Å²) in [5, 5.41) is 10.6. The van der Waals surface area contributed by atoms with Gasteiger partial charge in [-0.15, -0.1) is 0 Å². The fourth-order valence-electron chi connectivity index (χ4n) is 12.2. The standard InChI is InChI=1S/C50H38/c1-2-12-34-29-47-45(27-33(34)11-1)44-28-35(20-21-46(44)50(47)36-23-30-22-31(25-36)26-37(50)24-30)48-40-15-5-7-17-42(40)49(43-18-8-6-16-41(43)48)39-19-9-13-32-10-3-4-14-38(32)39/h1-21,27-31,36-37H,22-26H2. The molecule has 0 aromatic heterocycles. The second kappa shape index (κ2) is 9.95. The Morgan fingerprint density at radius 3 is 1.54 bits per heavy atom. The first-order valence-electron chi connectivity index (χ1n) is 18.9. The summed E-state index contributed by atoms with van der Waals surface area (Å²) in [5.74, 6) is 3.39.